The summed E-state index contributed by atoms with van der Waals surface area (Å²) in [4.78, 5) is 10.3. The molecule has 1 aliphatic rings. The number of ether oxygens (including phenoxy) is 2. The van der Waals surface area contributed by atoms with E-state index in [0.29, 0.717) is 19.6 Å². The highest BCUT2D eigenvalue weighted by Gasteiger charge is 2.16. The minimum absolute atomic E-state index is 0.191. The zero-order valence-electron chi connectivity index (χ0n) is 8.15. The lowest BCUT2D eigenvalue weighted by Gasteiger charge is -2.11. The summed E-state index contributed by atoms with van der Waals surface area (Å²) in [5, 5.41) is 8.49. The SMILES string of the molecule is NC(CCOCC1CCCO1)C(=O)O. The largest absolute Gasteiger partial charge is 0.480 e. The number of carbonyl (C=O) groups is 1. The summed E-state index contributed by atoms with van der Waals surface area (Å²) >= 11 is 0. The van der Waals surface area contributed by atoms with Crippen LogP contribution in [0.1, 0.15) is 19.3 Å². The van der Waals surface area contributed by atoms with E-state index in [9.17, 15) is 4.79 Å². The van der Waals surface area contributed by atoms with Gasteiger partial charge in [0.2, 0.25) is 0 Å². The van der Waals surface area contributed by atoms with Crippen molar-refractivity contribution >= 4 is 5.97 Å². The molecule has 1 fully saturated rings. The highest BCUT2D eigenvalue weighted by Crippen LogP contribution is 2.11. The summed E-state index contributed by atoms with van der Waals surface area (Å²) in [7, 11) is 0. The minimum Gasteiger partial charge on any atom is -0.480 e. The molecule has 0 bridgehead atoms. The molecule has 5 nitrogen and oxygen atoms in total. The molecule has 0 aromatic rings. The Morgan fingerprint density at radius 2 is 2.50 bits per heavy atom. The molecule has 0 amide bonds. The number of hydrogen-bond donors (Lipinski definition) is 2. The van der Waals surface area contributed by atoms with Crippen LogP contribution in [-0.2, 0) is 14.3 Å². The van der Waals surface area contributed by atoms with Crippen LogP contribution in [0.25, 0.3) is 0 Å². The van der Waals surface area contributed by atoms with Crippen LogP contribution < -0.4 is 5.73 Å². The monoisotopic (exact) mass is 203 g/mol. The third-order valence-corrected chi connectivity index (χ3v) is 2.22. The average molecular weight is 203 g/mol. The molecule has 2 unspecified atom stereocenters. The average Bonchev–Trinajstić information content (AvgIpc) is 2.64. The Morgan fingerprint density at radius 3 is 3.07 bits per heavy atom. The Balaban J connectivity index is 1.95. The summed E-state index contributed by atoms with van der Waals surface area (Å²) in [6, 6.07) is -0.820. The zero-order valence-corrected chi connectivity index (χ0v) is 8.15. The third kappa shape index (κ3) is 4.04. The quantitative estimate of drug-likeness (QED) is 0.593. The fourth-order valence-corrected chi connectivity index (χ4v) is 1.32. The van der Waals surface area contributed by atoms with Gasteiger partial charge in [-0.15, -0.1) is 0 Å². The molecule has 0 radical (unpaired) electrons. The number of hydrogen-bond acceptors (Lipinski definition) is 4. The van der Waals surface area contributed by atoms with Gasteiger partial charge in [0.15, 0.2) is 0 Å². The smallest absolute Gasteiger partial charge is 0.320 e. The van der Waals surface area contributed by atoms with E-state index < -0.39 is 12.0 Å². The maximum atomic E-state index is 10.3. The van der Waals surface area contributed by atoms with Gasteiger partial charge in [0, 0.05) is 13.2 Å². The normalized spacial score (nSPS) is 23.6. The Labute approximate surface area is 83.2 Å². The molecule has 2 atom stereocenters. The number of nitrogens with two attached hydrogens (primary N) is 1. The molecule has 1 rings (SSSR count). The van der Waals surface area contributed by atoms with E-state index in [2.05, 4.69) is 0 Å². The van der Waals surface area contributed by atoms with Gasteiger partial charge in [-0.05, 0) is 19.3 Å². The van der Waals surface area contributed by atoms with Crippen molar-refractivity contribution in [3.63, 3.8) is 0 Å². The van der Waals surface area contributed by atoms with Gasteiger partial charge in [0.1, 0.15) is 6.04 Å². The van der Waals surface area contributed by atoms with E-state index >= 15 is 0 Å². The van der Waals surface area contributed by atoms with Crippen molar-refractivity contribution < 1.29 is 19.4 Å². The van der Waals surface area contributed by atoms with Crippen LogP contribution >= 0.6 is 0 Å². The topological polar surface area (TPSA) is 81.8 Å². The first-order chi connectivity index (χ1) is 6.70. The van der Waals surface area contributed by atoms with E-state index in [0.717, 1.165) is 19.4 Å². The van der Waals surface area contributed by atoms with Crippen LogP contribution in [0.2, 0.25) is 0 Å². The van der Waals surface area contributed by atoms with Crippen molar-refractivity contribution in [1.29, 1.82) is 0 Å². The van der Waals surface area contributed by atoms with Crippen LogP contribution in [0, 0.1) is 0 Å². The predicted molar refractivity (Wildman–Crippen MR) is 50.0 cm³/mol. The molecule has 1 heterocycles. The van der Waals surface area contributed by atoms with Crippen molar-refractivity contribution in [2.45, 2.75) is 31.4 Å². The molecular weight excluding hydrogens is 186 g/mol. The van der Waals surface area contributed by atoms with Crippen LogP contribution in [0.3, 0.4) is 0 Å². The Bertz CT molecular complexity index is 180. The van der Waals surface area contributed by atoms with Gasteiger partial charge in [0.05, 0.1) is 12.7 Å². The van der Waals surface area contributed by atoms with E-state index in [4.69, 9.17) is 20.3 Å². The summed E-state index contributed by atoms with van der Waals surface area (Å²) in [5.74, 6) is -0.981. The number of aliphatic carboxylic acids is 1. The van der Waals surface area contributed by atoms with Gasteiger partial charge in [-0.1, -0.05) is 0 Å². The minimum atomic E-state index is -0.981. The fourth-order valence-electron chi connectivity index (χ4n) is 1.32. The lowest BCUT2D eigenvalue weighted by Crippen LogP contribution is -2.31. The first kappa shape index (κ1) is 11.4. The second kappa shape index (κ2) is 5.95. The molecule has 1 aliphatic heterocycles. The van der Waals surface area contributed by atoms with Crippen LogP contribution in [0.15, 0.2) is 0 Å². The van der Waals surface area contributed by atoms with Gasteiger partial charge in [-0.2, -0.15) is 0 Å². The highest BCUT2D eigenvalue weighted by molar-refractivity contribution is 5.72. The highest BCUT2D eigenvalue weighted by atomic mass is 16.5. The fraction of sp³-hybridized carbons (Fsp3) is 0.889. The van der Waals surface area contributed by atoms with Crippen LogP contribution in [0.4, 0.5) is 0 Å². The Kier molecular flexibility index (Phi) is 4.86. The van der Waals surface area contributed by atoms with E-state index in [1.807, 2.05) is 0 Å². The standard InChI is InChI=1S/C9H17NO4/c10-8(9(11)12)3-5-13-6-7-2-1-4-14-7/h7-8H,1-6,10H2,(H,11,12). The zero-order chi connectivity index (χ0) is 10.4. The molecule has 82 valence electrons. The molecule has 0 aromatic heterocycles. The number of rotatable bonds is 6. The molecule has 14 heavy (non-hydrogen) atoms. The lowest BCUT2D eigenvalue weighted by molar-refractivity contribution is -0.139. The molecule has 0 saturated carbocycles. The molecule has 1 saturated heterocycles. The predicted octanol–water partition coefficient (Wildman–Crippen LogP) is -0.0160. The molecule has 0 aromatic carbocycles. The van der Waals surface area contributed by atoms with Crippen molar-refractivity contribution in [2.24, 2.45) is 5.73 Å². The molecule has 3 N–H and O–H groups in total. The first-order valence-corrected chi connectivity index (χ1v) is 4.88. The van der Waals surface area contributed by atoms with Crippen molar-refractivity contribution in [3.8, 4) is 0 Å². The molecule has 5 heteroatoms. The van der Waals surface area contributed by atoms with Crippen molar-refractivity contribution in [3.05, 3.63) is 0 Å². The van der Waals surface area contributed by atoms with Gasteiger partial charge in [-0.3, -0.25) is 4.79 Å². The van der Waals surface area contributed by atoms with Crippen LogP contribution in [-0.4, -0.2) is 43.0 Å². The van der Waals surface area contributed by atoms with Crippen molar-refractivity contribution in [2.75, 3.05) is 19.8 Å². The lowest BCUT2D eigenvalue weighted by atomic mass is 10.2. The van der Waals surface area contributed by atoms with Gasteiger partial charge < -0.3 is 20.3 Å². The van der Waals surface area contributed by atoms with E-state index in [1.54, 1.807) is 0 Å². The Hall–Kier alpha value is -0.650. The van der Waals surface area contributed by atoms with E-state index in [1.165, 1.54) is 0 Å². The second-order valence-electron chi connectivity index (χ2n) is 3.44. The number of carboxylic acid groups (broad SMARTS) is 1. The summed E-state index contributed by atoms with van der Waals surface area (Å²) in [6.45, 7) is 1.74. The first-order valence-electron chi connectivity index (χ1n) is 4.88. The van der Waals surface area contributed by atoms with Gasteiger partial charge in [-0.25, -0.2) is 0 Å². The van der Waals surface area contributed by atoms with Gasteiger partial charge >= 0.3 is 5.97 Å². The van der Waals surface area contributed by atoms with Gasteiger partial charge in [0.25, 0.3) is 0 Å². The molecule has 0 aliphatic carbocycles. The second-order valence-corrected chi connectivity index (χ2v) is 3.44. The third-order valence-electron chi connectivity index (χ3n) is 2.22. The molecular formula is C9H17NO4. The summed E-state index contributed by atoms with van der Waals surface area (Å²) < 4.78 is 10.6. The summed E-state index contributed by atoms with van der Waals surface area (Å²) in [6.07, 6.45) is 2.66. The van der Waals surface area contributed by atoms with E-state index in [-0.39, 0.29) is 6.10 Å². The van der Waals surface area contributed by atoms with Crippen LogP contribution in [0.5, 0.6) is 0 Å². The number of carboxylic acids is 1. The Morgan fingerprint density at radius 1 is 1.71 bits per heavy atom. The maximum absolute atomic E-state index is 10.3. The molecule has 0 spiro atoms. The maximum Gasteiger partial charge on any atom is 0.320 e. The summed E-state index contributed by atoms with van der Waals surface area (Å²) in [5.41, 5.74) is 5.30. The van der Waals surface area contributed by atoms with Crippen molar-refractivity contribution in [1.82, 2.24) is 0 Å².